The fourth-order valence-electron chi connectivity index (χ4n) is 8.11. The smallest absolute Gasteiger partial charge is 0.462 e. The summed E-state index contributed by atoms with van der Waals surface area (Å²) in [6.45, 7) is 3.06. The lowest BCUT2D eigenvalue weighted by Gasteiger charge is -2.29. The summed E-state index contributed by atoms with van der Waals surface area (Å²) in [5.74, 6) is -1.60. The zero-order chi connectivity index (χ0) is 55.2. The van der Waals surface area contributed by atoms with Gasteiger partial charge in [-0.2, -0.15) is 0 Å². The zero-order valence-corrected chi connectivity index (χ0v) is 48.1. The Balaban J connectivity index is 4.56. The number of aliphatic hydroxyl groups is 1. The summed E-state index contributed by atoms with van der Waals surface area (Å²) in [7, 11) is -15.7. The van der Waals surface area contributed by atoms with Crippen LogP contribution in [0.3, 0.4) is 0 Å². The molecule has 2 amide bonds. The van der Waals surface area contributed by atoms with E-state index in [-0.39, 0.29) is 70.2 Å². The Hall–Kier alpha value is -2.01. The van der Waals surface area contributed by atoms with Crippen LogP contribution in [0.15, 0.2) is 12.2 Å². The molecule has 0 aliphatic heterocycles. The van der Waals surface area contributed by atoms with E-state index in [0.29, 0.717) is 44.9 Å². The largest absolute Gasteiger partial charge is 0.472 e. The minimum absolute atomic E-state index is 0.0620. The monoisotopic (exact) mass is 1120 g/mol. The number of rotatable bonds is 53. The van der Waals surface area contributed by atoms with Crippen molar-refractivity contribution in [1.82, 2.24) is 10.6 Å². The van der Waals surface area contributed by atoms with Crippen molar-refractivity contribution >= 4 is 46.8 Å². The van der Waals surface area contributed by atoms with Crippen LogP contribution >= 0.6 is 23.0 Å². The minimum Gasteiger partial charge on any atom is -0.462 e. The minimum atomic E-state index is -5.54. The first-order valence-electron chi connectivity index (χ1n) is 28.3. The highest BCUT2D eigenvalue weighted by atomic mass is 31.2. The number of carbonyl (C=O) groups excluding carboxylic acids is 4. The van der Waals surface area contributed by atoms with E-state index in [1.54, 1.807) is 0 Å². The van der Waals surface area contributed by atoms with Crippen LogP contribution in [0.5, 0.6) is 0 Å². The predicted molar refractivity (Wildman–Crippen MR) is 289 cm³/mol. The predicted octanol–water partition coefficient (Wildman–Crippen LogP) is 11.8. The Labute approximate surface area is 444 Å². The first-order valence-corrected chi connectivity index (χ1v) is 33.0. The molecule has 0 aliphatic rings. The van der Waals surface area contributed by atoms with Gasteiger partial charge in [-0.25, -0.2) is 4.57 Å². The van der Waals surface area contributed by atoms with Gasteiger partial charge in [-0.1, -0.05) is 180 Å². The molecule has 436 valence electrons. The van der Waals surface area contributed by atoms with Gasteiger partial charge >= 0.3 is 35.0 Å². The molecular formula is C52H101N2O17P3. The van der Waals surface area contributed by atoms with Crippen molar-refractivity contribution in [1.29, 1.82) is 0 Å². The van der Waals surface area contributed by atoms with Gasteiger partial charge in [-0.15, -0.1) is 0 Å². The topological polar surface area (TPSA) is 302 Å². The van der Waals surface area contributed by atoms with Gasteiger partial charge in [-0.05, 0) is 51.4 Å². The molecule has 74 heavy (non-hydrogen) atoms. The summed E-state index contributed by atoms with van der Waals surface area (Å²) in [4.78, 5) is 96.8. The second-order valence-electron chi connectivity index (χ2n) is 19.7. The Bertz CT molecular complexity index is 1600. The van der Waals surface area contributed by atoms with Crippen LogP contribution in [0.2, 0.25) is 0 Å². The van der Waals surface area contributed by atoms with E-state index in [4.69, 9.17) is 18.5 Å². The Morgan fingerprint density at radius 3 is 1.32 bits per heavy atom. The quantitative estimate of drug-likeness (QED) is 0.0121. The number of amides is 2. The molecule has 0 aromatic rings. The molecule has 0 aromatic carbocycles. The highest BCUT2D eigenvalue weighted by Crippen LogP contribution is 2.69. The van der Waals surface area contributed by atoms with E-state index in [1.807, 2.05) is 12.2 Å². The lowest BCUT2D eigenvalue weighted by atomic mass is 10.0. The normalized spacial score (nSPS) is 13.5. The number of hydrogen-bond acceptors (Lipinski definition) is 12. The molecule has 0 aromatic heterocycles. The van der Waals surface area contributed by atoms with Gasteiger partial charge in [0, 0.05) is 45.2 Å². The van der Waals surface area contributed by atoms with Crippen LogP contribution in [-0.2, 0) is 51.4 Å². The molecule has 19 nitrogen and oxygen atoms in total. The number of hydrogen-bond donors (Lipinski definition) is 8. The standard InChI is InChI=1S/C52H101N2O17P3/c1-3-5-7-9-11-13-15-17-19-21-26-30-34-39-50(57)68-45-47(71-51(58)40-35-31-27-22-20-18-16-14-12-10-8-6-4-2)46-70-74(66,67)69-44-43-54-49(56)38-33-29-25-23-24-28-32-37-48(55)53-42-36-41-52(59,72(60,61)62)73(63,64)65/h23,25,47,59H,3-22,24,26-46H2,1-2H3,(H,53,55)(H,54,56)(H,66,67)(H2,60,61,62)(H2,63,64,65)/b25-23+/t47-/m1/s1. The maximum Gasteiger partial charge on any atom is 0.472 e. The number of phosphoric acid groups is 1. The van der Waals surface area contributed by atoms with Gasteiger partial charge in [-0.3, -0.25) is 37.4 Å². The molecule has 0 saturated heterocycles. The number of unbranched alkanes of at least 4 members (excludes halogenated alkanes) is 27. The van der Waals surface area contributed by atoms with Gasteiger partial charge in [0.2, 0.25) is 11.8 Å². The van der Waals surface area contributed by atoms with E-state index in [1.165, 1.54) is 116 Å². The molecule has 0 rings (SSSR count). The molecule has 1 unspecified atom stereocenters. The summed E-state index contributed by atoms with van der Waals surface area (Å²) in [6.07, 6.45) is 35.9. The van der Waals surface area contributed by atoms with Crippen molar-refractivity contribution in [3.05, 3.63) is 12.2 Å². The lowest BCUT2D eigenvalue weighted by Crippen LogP contribution is -2.31. The Kier molecular flexibility index (Phi) is 44.7. The fraction of sp³-hybridized carbons (Fsp3) is 0.885. The van der Waals surface area contributed by atoms with E-state index in [9.17, 15) is 62.4 Å². The van der Waals surface area contributed by atoms with Gasteiger partial charge in [0.25, 0.3) is 5.08 Å². The highest BCUT2D eigenvalue weighted by Gasteiger charge is 2.58. The average molecular weight is 1120 g/mol. The third-order valence-corrected chi connectivity index (χ3v) is 17.6. The van der Waals surface area contributed by atoms with Crippen molar-refractivity contribution in [3.8, 4) is 0 Å². The van der Waals surface area contributed by atoms with E-state index < -0.39 is 59.2 Å². The summed E-state index contributed by atoms with van der Waals surface area (Å²) in [6, 6.07) is 0. The Morgan fingerprint density at radius 1 is 0.473 bits per heavy atom. The molecule has 0 fully saturated rings. The van der Waals surface area contributed by atoms with Crippen molar-refractivity contribution < 1.29 is 81.0 Å². The first-order chi connectivity index (χ1) is 35.3. The number of esters is 2. The van der Waals surface area contributed by atoms with Crippen LogP contribution in [0.1, 0.15) is 251 Å². The van der Waals surface area contributed by atoms with Crippen molar-refractivity contribution in [2.75, 3.05) is 32.9 Å². The van der Waals surface area contributed by atoms with Crippen LogP contribution in [0.25, 0.3) is 0 Å². The number of phosphoric ester groups is 1. The van der Waals surface area contributed by atoms with Gasteiger partial charge in [0.1, 0.15) is 6.61 Å². The van der Waals surface area contributed by atoms with E-state index >= 15 is 0 Å². The highest BCUT2D eigenvalue weighted by molar-refractivity contribution is 7.72. The van der Waals surface area contributed by atoms with Gasteiger partial charge in [0.05, 0.1) is 13.2 Å². The average Bonchev–Trinajstić information content (AvgIpc) is 3.34. The van der Waals surface area contributed by atoms with Crippen molar-refractivity contribution in [3.63, 3.8) is 0 Å². The maximum atomic E-state index is 12.8. The van der Waals surface area contributed by atoms with Crippen LogP contribution in [0, 0.1) is 0 Å². The lowest BCUT2D eigenvalue weighted by molar-refractivity contribution is -0.161. The first kappa shape index (κ1) is 72.0. The second kappa shape index (κ2) is 46.0. The molecule has 0 radical (unpaired) electrons. The third-order valence-electron chi connectivity index (χ3n) is 12.7. The molecule has 0 saturated carbocycles. The van der Waals surface area contributed by atoms with Crippen LogP contribution in [0.4, 0.5) is 0 Å². The fourth-order valence-corrected chi connectivity index (χ4v) is 11.1. The molecule has 22 heteroatoms. The maximum absolute atomic E-state index is 12.8. The summed E-state index contributed by atoms with van der Waals surface area (Å²) in [5.41, 5.74) is 0. The number of nitrogens with one attached hydrogen (secondary N) is 2. The van der Waals surface area contributed by atoms with Crippen molar-refractivity contribution in [2.45, 2.75) is 263 Å². The SMILES string of the molecule is CCCCCCCCCCCCCCCC(=O)OC[C@H](COP(=O)(O)OCCNC(=O)CCC/C=C/CCCCC(=O)NCCCC(O)(P(=O)(O)O)P(=O)(O)O)OC(=O)CCCCCCCCCCCCCCC. The summed E-state index contributed by atoms with van der Waals surface area (Å²) < 4.78 is 56.7. The molecular weight excluding hydrogens is 1020 g/mol. The van der Waals surface area contributed by atoms with Gasteiger partial charge in [0.15, 0.2) is 6.10 Å². The third kappa shape index (κ3) is 42.1. The Morgan fingerprint density at radius 2 is 0.865 bits per heavy atom. The molecule has 0 spiro atoms. The zero-order valence-electron chi connectivity index (χ0n) is 45.4. The van der Waals surface area contributed by atoms with Gasteiger partial charge < -0.3 is 49.7 Å². The number of allylic oxidation sites excluding steroid dienone is 2. The second-order valence-corrected chi connectivity index (χ2v) is 25.1. The number of carbonyl (C=O) groups is 4. The molecule has 0 aliphatic carbocycles. The molecule has 0 bridgehead atoms. The molecule has 8 N–H and O–H groups in total. The molecule has 2 atom stereocenters. The summed E-state index contributed by atoms with van der Waals surface area (Å²) >= 11 is 0. The molecule has 0 heterocycles. The van der Waals surface area contributed by atoms with E-state index in [0.717, 1.165) is 38.5 Å². The van der Waals surface area contributed by atoms with Crippen LogP contribution < -0.4 is 10.6 Å². The van der Waals surface area contributed by atoms with E-state index in [2.05, 4.69) is 24.5 Å². The summed E-state index contributed by atoms with van der Waals surface area (Å²) in [5, 5.41) is 11.5. The van der Waals surface area contributed by atoms with Crippen LogP contribution in [-0.4, -0.2) is 97.4 Å². The number of ether oxygens (including phenoxy) is 2. The van der Waals surface area contributed by atoms with Crippen molar-refractivity contribution in [2.24, 2.45) is 0 Å².